The van der Waals surface area contributed by atoms with Crippen LogP contribution in [0.4, 0.5) is 0 Å². The maximum Gasteiger partial charge on any atom is 0.158 e. The van der Waals surface area contributed by atoms with Crippen LogP contribution in [0.2, 0.25) is 0 Å². The first-order valence-electron chi connectivity index (χ1n) is 6.44. The highest BCUT2D eigenvalue weighted by Crippen LogP contribution is 2.17. The Bertz CT molecular complexity index is 387. The Hall–Kier alpha value is -1.37. The molecule has 0 spiro atoms. The molecule has 0 amide bonds. The largest absolute Gasteiger partial charge is 0.295 e. The van der Waals surface area contributed by atoms with Crippen molar-refractivity contribution in [2.24, 2.45) is 0 Å². The molecule has 0 saturated carbocycles. The van der Waals surface area contributed by atoms with Crippen molar-refractivity contribution in [2.75, 3.05) is 0 Å². The van der Waals surface area contributed by atoms with Crippen molar-refractivity contribution < 1.29 is 4.79 Å². The number of allylic oxidation sites excluding steroid dienone is 2. The van der Waals surface area contributed by atoms with Gasteiger partial charge in [0.1, 0.15) is 0 Å². The minimum atomic E-state index is 0.304. The summed E-state index contributed by atoms with van der Waals surface area (Å²) in [5, 5.41) is 0. The highest BCUT2D eigenvalue weighted by atomic mass is 16.1. The van der Waals surface area contributed by atoms with E-state index in [2.05, 4.69) is 38.1 Å². The molecule has 0 aliphatic rings. The van der Waals surface area contributed by atoms with E-state index in [1.807, 2.05) is 13.0 Å². The second-order valence-electron chi connectivity index (χ2n) is 4.37. The van der Waals surface area contributed by atoms with Crippen molar-refractivity contribution in [3.63, 3.8) is 0 Å². The molecule has 0 aromatic heterocycles. The summed E-state index contributed by atoms with van der Waals surface area (Å²) in [6, 6.07) is 10.4. The molecule has 0 unspecified atom stereocenters. The predicted octanol–water partition coefficient (Wildman–Crippen LogP) is 4.32. The minimum Gasteiger partial charge on any atom is -0.295 e. The topological polar surface area (TPSA) is 17.1 Å². The van der Waals surface area contributed by atoms with Crippen molar-refractivity contribution in [1.29, 1.82) is 0 Å². The molecule has 1 aromatic carbocycles. The zero-order valence-electron chi connectivity index (χ0n) is 11.1. The van der Waals surface area contributed by atoms with E-state index >= 15 is 0 Å². The Labute approximate surface area is 105 Å². The van der Waals surface area contributed by atoms with Crippen molar-refractivity contribution in [3.8, 4) is 0 Å². The molecule has 0 N–H and O–H groups in total. The Morgan fingerprint density at radius 2 is 1.71 bits per heavy atom. The summed E-state index contributed by atoms with van der Waals surface area (Å²) >= 11 is 0. The Morgan fingerprint density at radius 1 is 1.06 bits per heavy atom. The average molecular weight is 230 g/mol. The summed E-state index contributed by atoms with van der Waals surface area (Å²) in [5.74, 6) is 0.304. The summed E-state index contributed by atoms with van der Waals surface area (Å²) in [5.41, 5.74) is 3.62. The third-order valence-electron chi connectivity index (χ3n) is 3.16. The zero-order valence-corrected chi connectivity index (χ0v) is 11.1. The van der Waals surface area contributed by atoms with Gasteiger partial charge >= 0.3 is 0 Å². The molecule has 0 radical (unpaired) electrons. The number of hydrogen-bond acceptors (Lipinski definition) is 1. The highest BCUT2D eigenvalue weighted by Gasteiger charge is 2.08. The number of aryl methyl sites for hydroxylation is 1. The van der Waals surface area contributed by atoms with Crippen LogP contribution in [0.1, 0.15) is 45.6 Å². The fraction of sp³-hybridized carbons (Fsp3) is 0.438. The first kappa shape index (κ1) is 13.7. The van der Waals surface area contributed by atoms with E-state index in [1.54, 1.807) is 0 Å². The molecule has 0 fully saturated rings. The summed E-state index contributed by atoms with van der Waals surface area (Å²) in [6.45, 7) is 6.09. The quantitative estimate of drug-likeness (QED) is 0.665. The summed E-state index contributed by atoms with van der Waals surface area (Å²) in [7, 11) is 0. The van der Waals surface area contributed by atoms with Crippen LogP contribution in [-0.2, 0) is 11.2 Å². The van der Waals surface area contributed by atoms with Crippen molar-refractivity contribution in [1.82, 2.24) is 0 Å². The van der Waals surface area contributed by atoms with Gasteiger partial charge in [0.15, 0.2) is 5.78 Å². The van der Waals surface area contributed by atoms with Gasteiger partial charge in [0.2, 0.25) is 0 Å². The number of rotatable bonds is 6. The highest BCUT2D eigenvalue weighted by molar-refractivity contribution is 5.95. The van der Waals surface area contributed by atoms with Crippen LogP contribution in [0.25, 0.3) is 0 Å². The van der Waals surface area contributed by atoms with Gasteiger partial charge in [-0.25, -0.2) is 0 Å². The number of Topliss-reactive ketones (excluding diaryl/α,β-unsaturated/α-hetero) is 1. The van der Waals surface area contributed by atoms with E-state index in [1.165, 1.54) is 11.1 Å². The first-order chi connectivity index (χ1) is 8.19. The molecule has 92 valence electrons. The maximum atomic E-state index is 11.7. The van der Waals surface area contributed by atoms with Crippen LogP contribution in [0, 0.1) is 0 Å². The van der Waals surface area contributed by atoms with Gasteiger partial charge in [-0.05, 0) is 37.3 Å². The molecule has 17 heavy (non-hydrogen) atoms. The standard InChI is InChI=1S/C16H22O/c1-4-15(16(17)5-2)13(3)11-12-14-9-7-6-8-10-14/h6-10H,4-5,11-12H2,1-3H3/b15-13+. The molecule has 1 rings (SSSR count). The fourth-order valence-electron chi connectivity index (χ4n) is 2.08. The Morgan fingerprint density at radius 3 is 2.24 bits per heavy atom. The normalized spacial score (nSPS) is 12.2. The van der Waals surface area contributed by atoms with Crippen LogP contribution in [0.15, 0.2) is 41.5 Å². The first-order valence-corrected chi connectivity index (χ1v) is 6.44. The van der Waals surface area contributed by atoms with Crippen LogP contribution >= 0.6 is 0 Å². The van der Waals surface area contributed by atoms with Gasteiger partial charge in [-0.15, -0.1) is 0 Å². The van der Waals surface area contributed by atoms with Crippen molar-refractivity contribution in [3.05, 3.63) is 47.0 Å². The van der Waals surface area contributed by atoms with E-state index in [0.717, 1.165) is 24.8 Å². The van der Waals surface area contributed by atoms with Crippen molar-refractivity contribution >= 4 is 5.78 Å². The zero-order chi connectivity index (χ0) is 12.7. The number of hydrogen-bond donors (Lipinski definition) is 0. The van der Waals surface area contributed by atoms with E-state index in [0.29, 0.717) is 12.2 Å². The van der Waals surface area contributed by atoms with Crippen LogP contribution in [0.5, 0.6) is 0 Å². The van der Waals surface area contributed by atoms with E-state index in [4.69, 9.17) is 0 Å². The Balaban J connectivity index is 2.67. The van der Waals surface area contributed by atoms with Gasteiger partial charge < -0.3 is 0 Å². The minimum absolute atomic E-state index is 0.304. The van der Waals surface area contributed by atoms with Crippen LogP contribution in [0.3, 0.4) is 0 Å². The Kier molecular flexibility index (Phi) is 5.68. The third-order valence-corrected chi connectivity index (χ3v) is 3.16. The lowest BCUT2D eigenvalue weighted by atomic mass is 9.96. The second-order valence-corrected chi connectivity index (χ2v) is 4.37. The fourth-order valence-corrected chi connectivity index (χ4v) is 2.08. The van der Waals surface area contributed by atoms with E-state index in [9.17, 15) is 4.79 Å². The lowest BCUT2D eigenvalue weighted by Gasteiger charge is -2.09. The molecule has 0 heterocycles. The van der Waals surface area contributed by atoms with Gasteiger partial charge in [0.25, 0.3) is 0 Å². The maximum absolute atomic E-state index is 11.7. The summed E-state index contributed by atoms with van der Waals surface area (Å²) in [6.07, 6.45) is 3.48. The number of benzene rings is 1. The predicted molar refractivity (Wildman–Crippen MR) is 73.1 cm³/mol. The van der Waals surface area contributed by atoms with Gasteiger partial charge in [0, 0.05) is 6.42 Å². The van der Waals surface area contributed by atoms with Crippen LogP contribution < -0.4 is 0 Å². The lowest BCUT2D eigenvalue weighted by molar-refractivity contribution is -0.115. The van der Waals surface area contributed by atoms with Gasteiger partial charge in [-0.1, -0.05) is 49.8 Å². The number of ketones is 1. The van der Waals surface area contributed by atoms with Crippen molar-refractivity contribution in [2.45, 2.75) is 46.5 Å². The lowest BCUT2D eigenvalue weighted by Crippen LogP contribution is -2.03. The van der Waals surface area contributed by atoms with Gasteiger partial charge in [0.05, 0.1) is 0 Å². The second kappa shape index (κ2) is 7.05. The molecule has 0 saturated heterocycles. The molecule has 1 aromatic rings. The number of carbonyl (C=O) groups excluding carboxylic acids is 1. The molecule has 0 aliphatic heterocycles. The average Bonchev–Trinajstić information content (AvgIpc) is 2.38. The molecule has 1 nitrogen and oxygen atoms in total. The van der Waals surface area contributed by atoms with E-state index in [-0.39, 0.29) is 0 Å². The SMILES string of the molecule is CCC(=O)/C(CC)=C(\C)CCc1ccccc1. The van der Waals surface area contributed by atoms with Gasteiger partial charge in [-0.2, -0.15) is 0 Å². The smallest absolute Gasteiger partial charge is 0.158 e. The monoisotopic (exact) mass is 230 g/mol. The molecule has 0 atom stereocenters. The molecular formula is C16H22O. The molecular weight excluding hydrogens is 208 g/mol. The third kappa shape index (κ3) is 4.18. The molecule has 1 heteroatoms. The van der Waals surface area contributed by atoms with E-state index < -0.39 is 0 Å². The summed E-state index contributed by atoms with van der Waals surface area (Å²) in [4.78, 5) is 11.7. The number of carbonyl (C=O) groups is 1. The molecule has 0 aliphatic carbocycles. The molecule has 0 bridgehead atoms. The van der Waals surface area contributed by atoms with Gasteiger partial charge in [-0.3, -0.25) is 4.79 Å². The summed E-state index contributed by atoms with van der Waals surface area (Å²) < 4.78 is 0. The van der Waals surface area contributed by atoms with Crippen LogP contribution in [-0.4, -0.2) is 5.78 Å².